The largest absolute Gasteiger partial charge is 0.326 e. The van der Waals surface area contributed by atoms with E-state index in [0.29, 0.717) is 17.7 Å². The van der Waals surface area contributed by atoms with E-state index in [1.807, 2.05) is 6.07 Å². The number of carbonyl (C=O) groups excluding carboxylic acids is 1. The molecule has 1 aromatic carbocycles. The third kappa shape index (κ3) is 1.62. The molecule has 0 unspecified atom stereocenters. The number of benzene rings is 1. The molecule has 0 aromatic heterocycles. The van der Waals surface area contributed by atoms with Gasteiger partial charge in [0.2, 0.25) is 5.91 Å². The van der Waals surface area contributed by atoms with Gasteiger partial charge < -0.3 is 5.32 Å². The lowest BCUT2D eigenvalue weighted by atomic mass is 10.0. The number of hydrogen-bond acceptors (Lipinski definition) is 1. The van der Waals surface area contributed by atoms with Gasteiger partial charge in [0.25, 0.3) is 0 Å². The number of rotatable bonds is 0. The van der Waals surface area contributed by atoms with Gasteiger partial charge in [-0.05, 0) is 37.0 Å². The summed E-state index contributed by atoms with van der Waals surface area (Å²) in [6.45, 7) is 1.74. The van der Waals surface area contributed by atoms with Crippen LogP contribution in [0.3, 0.4) is 0 Å². The van der Waals surface area contributed by atoms with Gasteiger partial charge in [0, 0.05) is 12.1 Å². The molecule has 14 heavy (non-hydrogen) atoms. The van der Waals surface area contributed by atoms with Gasteiger partial charge >= 0.3 is 0 Å². The monoisotopic (exact) mass is 193 g/mol. The van der Waals surface area contributed by atoms with E-state index < -0.39 is 0 Å². The van der Waals surface area contributed by atoms with Gasteiger partial charge in [0.05, 0.1) is 0 Å². The van der Waals surface area contributed by atoms with Gasteiger partial charge in [-0.3, -0.25) is 4.79 Å². The second kappa shape index (κ2) is 3.40. The SMILES string of the molecule is Cc1cc2c(cc1F)NC(=O)CCC2. The van der Waals surface area contributed by atoms with Gasteiger partial charge in [0.15, 0.2) is 0 Å². The molecule has 1 heterocycles. The van der Waals surface area contributed by atoms with Crippen molar-refractivity contribution in [2.75, 3.05) is 5.32 Å². The number of hydrogen-bond donors (Lipinski definition) is 1. The summed E-state index contributed by atoms with van der Waals surface area (Å²) in [6.07, 6.45) is 2.20. The second-order valence-electron chi connectivity index (χ2n) is 3.66. The van der Waals surface area contributed by atoms with Crippen LogP contribution in [0.2, 0.25) is 0 Å². The summed E-state index contributed by atoms with van der Waals surface area (Å²) >= 11 is 0. The minimum Gasteiger partial charge on any atom is -0.326 e. The Hall–Kier alpha value is -1.38. The van der Waals surface area contributed by atoms with Crippen molar-refractivity contribution >= 4 is 11.6 Å². The molecule has 0 bridgehead atoms. The van der Waals surface area contributed by atoms with Crippen LogP contribution in [0.1, 0.15) is 24.0 Å². The molecule has 74 valence electrons. The molecule has 1 amide bonds. The van der Waals surface area contributed by atoms with Crippen LogP contribution in [0, 0.1) is 12.7 Å². The van der Waals surface area contributed by atoms with E-state index in [9.17, 15) is 9.18 Å². The highest BCUT2D eigenvalue weighted by molar-refractivity contribution is 5.92. The molecule has 1 N–H and O–H groups in total. The maximum Gasteiger partial charge on any atom is 0.224 e. The maximum absolute atomic E-state index is 13.2. The first-order valence-corrected chi connectivity index (χ1v) is 4.75. The minimum atomic E-state index is -0.258. The van der Waals surface area contributed by atoms with E-state index >= 15 is 0 Å². The lowest BCUT2D eigenvalue weighted by Gasteiger charge is -2.08. The third-order valence-corrected chi connectivity index (χ3v) is 2.51. The minimum absolute atomic E-state index is 0.0213. The molecule has 0 atom stereocenters. The first-order valence-electron chi connectivity index (χ1n) is 4.75. The predicted octanol–water partition coefficient (Wildman–Crippen LogP) is 2.41. The van der Waals surface area contributed by atoms with Crippen LogP contribution in [-0.2, 0) is 11.2 Å². The van der Waals surface area contributed by atoms with Crippen LogP contribution >= 0.6 is 0 Å². The Morgan fingerprint density at radius 2 is 2.14 bits per heavy atom. The van der Waals surface area contributed by atoms with Gasteiger partial charge in [-0.25, -0.2) is 4.39 Å². The van der Waals surface area contributed by atoms with Crippen molar-refractivity contribution < 1.29 is 9.18 Å². The maximum atomic E-state index is 13.2. The molecule has 3 heteroatoms. The van der Waals surface area contributed by atoms with Crippen LogP contribution in [0.4, 0.5) is 10.1 Å². The first-order chi connectivity index (χ1) is 6.66. The standard InChI is InChI=1S/C11H12FNO/c1-7-5-8-3-2-4-11(14)13-10(8)6-9(7)12/h5-6H,2-4H2,1H3,(H,13,14). The lowest BCUT2D eigenvalue weighted by molar-refractivity contribution is -0.116. The summed E-state index contributed by atoms with van der Waals surface area (Å²) in [5.41, 5.74) is 2.31. The number of anilines is 1. The van der Waals surface area contributed by atoms with Crippen molar-refractivity contribution in [2.45, 2.75) is 26.2 Å². The molecule has 0 radical (unpaired) electrons. The highest BCUT2D eigenvalue weighted by Crippen LogP contribution is 2.24. The average molecular weight is 193 g/mol. The Morgan fingerprint density at radius 1 is 1.36 bits per heavy atom. The summed E-state index contributed by atoms with van der Waals surface area (Å²) in [4.78, 5) is 11.2. The van der Waals surface area contributed by atoms with Crippen LogP contribution < -0.4 is 5.32 Å². The van der Waals surface area contributed by atoms with E-state index in [2.05, 4.69) is 5.32 Å². The van der Waals surface area contributed by atoms with Crippen LogP contribution in [0.15, 0.2) is 12.1 Å². The van der Waals surface area contributed by atoms with E-state index in [1.165, 1.54) is 6.07 Å². The zero-order valence-corrected chi connectivity index (χ0v) is 8.06. The summed E-state index contributed by atoms with van der Waals surface area (Å²) in [6, 6.07) is 3.23. The number of carbonyl (C=O) groups is 1. The van der Waals surface area contributed by atoms with Crippen molar-refractivity contribution in [1.29, 1.82) is 0 Å². The van der Waals surface area contributed by atoms with Crippen molar-refractivity contribution in [3.05, 3.63) is 29.1 Å². The van der Waals surface area contributed by atoms with Crippen molar-refractivity contribution in [2.24, 2.45) is 0 Å². The quantitative estimate of drug-likeness (QED) is 0.673. The number of aryl methyl sites for hydroxylation is 2. The molecule has 0 saturated heterocycles. The van der Waals surface area contributed by atoms with Crippen molar-refractivity contribution in [3.63, 3.8) is 0 Å². The second-order valence-corrected chi connectivity index (χ2v) is 3.66. The molecule has 1 aliphatic rings. The fourth-order valence-corrected chi connectivity index (χ4v) is 1.72. The van der Waals surface area contributed by atoms with Gasteiger partial charge in [0.1, 0.15) is 5.82 Å². The molecule has 1 aliphatic heterocycles. The molecule has 2 nitrogen and oxygen atoms in total. The van der Waals surface area contributed by atoms with Gasteiger partial charge in [-0.15, -0.1) is 0 Å². The fraction of sp³-hybridized carbons (Fsp3) is 0.364. The van der Waals surface area contributed by atoms with Crippen molar-refractivity contribution in [3.8, 4) is 0 Å². The normalized spacial score (nSPS) is 15.7. The van der Waals surface area contributed by atoms with Crippen molar-refractivity contribution in [1.82, 2.24) is 0 Å². The zero-order chi connectivity index (χ0) is 10.1. The molecule has 1 aromatic rings. The molecular formula is C11H12FNO. The summed E-state index contributed by atoms with van der Waals surface area (Å²) in [5.74, 6) is -0.280. The number of halogens is 1. The first kappa shape index (κ1) is 9.19. The highest BCUT2D eigenvalue weighted by Gasteiger charge is 2.14. The van der Waals surface area contributed by atoms with E-state index in [0.717, 1.165) is 18.4 Å². The topological polar surface area (TPSA) is 29.1 Å². The van der Waals surface area contributed by atoms with Crippen LogP contribution in [-0.4, -0.2) is 5.91 Å². The third-order valence-electron chi connectivity index (χ3n) is 2.51. The Kier molecular flexibility index (Phi) is 2.23. The molecule has 2 rings (SSSR count). The molecule has 0 spiro atoms. The van der Waals surface area contributed by atoms with Gasteiger partial charge in [-0.2, -0.15) is 0 Å². The molecular weight excluding hydrogens is 181 g/mol. The predicted molar refractivity (Wildman–Crippen MR) is 52.7 cm³/mol. The Labute approximate surface area is 82.1 Å². The fourth-order valence-electron chi connectivity index (χ4n) is 1.72. The van der Waals surface area contributed by atoms with Crippen LogP contribution in [0.5, 0.6) is 0 Å². The van der Waals surface area contributed by atoms with Crippen LogP contribution in [0.25, 0.3) is 0 Å². The Balaban J connectivity index is 2.46. The van der Waals surface area contributed by atoms with E-state index in [4.69, 9.17) is 0 Å². The molecule has 0 saturated carbocycles. The zero-order valence-electron chi connectivity index (χ0n) is 8.06. The number of fused-ring (bicyclic) bond motifs is 1. The summed E-state index contributed by atoms with van der Waals surface area (Å²) < 4.78 is 13.2. The lowest BCUT2D eigenvalue weighted by Crippen LogP contribution is -2.09. The Bertz CT molecular complexity index is 387. The molecule has 0 fully saturated rings. The summed E-state index contributed by atoms with van der Waals surface area (Å²) in [5, 5.41) is 2.71. The molecule has 0 aliphatic carbocycles. The summed E-state index contributed by atoms with van der Waals surface area (Å²) in [7, 11) is 0. The Morgan fingerprint density at radius 3 is 2.93 bits per heavy atom. The van der Waals surface area contributed by atoms with E-state index in [1.54, 1.807) is 6.92 Å². The smallest absolute Gasteiger partial charge is 0.224 e. The number of amides is 1. The highest BCUT2D eigenvalue weighted by atomic mass is 19.1. The van der Waals surface area contributed by atoms with E-state index in [-0.39, 0.29) is 11.7 Å². The number of nitrogens with one attached hydrogen (secondary N) is 1. The van der Waals surface area contributed by atoms with Gasteiger partial charge in [-0.1, -0.05) is 6.07 Å². The average Bonchev–Trinajstić information content (AvgIpc) is 2.28.